The number of ether oxygens (including phenoxy) is 2. The Labute approximate surface area is 216 Å². The Kier molecular flexibility index (Phi) is 7.43. The molecular weight excluding hydrogens is 468 g/mol. The maximum Gasteiger partial charge on any atom is 0.265 e. The van der Waals surface area contributed by atoms with Crippen molar-refractivity contribution in [3.8, 4) is 11.5 Å². The molecule has 0 spiro atoms. The Morgan fingerprint density at radius 1 is 0.946 bits per heavy atom. The largest absolute Gasteiger partial charge is 0.490 e. The van der Waals surface area contributed by atoms with Crippen molar-refractivity contribution in [2.75, 3.05) is 25.6 Å². The quantitative estimate of drug-likeness (QED) is 0.339. The van der Waals surface area contributed by atoms with Crippen molar-refractivity contribution >= 4 is 35.1 Å². The van der Waals surface area contributed by atoms with Crippen molar-refractivity contribution in [1.29, 1.82) is 0 Å². The highest BCUT2D eigenvalue weighted by molar-refractivity contribution is 6.43. The summed E-state index contributed by atoms with van der Waals surface area (Å²) in [5.74, 6) is -0.0494. The Morgan fingerprint density at radius 3 is 2.27 bits per heavy atom. The molecule has 1 atom stereocenters. The molecule has 37 heavy (non-hydrogen) atoms. The number of nitrogens with zero attached hydrogens (tertiary/aromatic N) is 2. The number of likely N-dealkylation sites (N-methyl/N-ethyl adjacent to an activating group) is 1. The molecule has 3 aromatic carbocycles. The molecule has 0 fully saturated rings. The smallest absolute Gasteiger partial charge is 0.265 e. The lowest BCUT2D eigenvalue weighted by molar-refractivity contribution is -0.135. The number of carbonyl (C=O) groups excluding carboxylic acids is 3. The minimum absolute atomic E-state index is 0.168. The van der Waals surface area contributed by atoms with Gasteiger partial charge in [-0.3, -0.25) is 14.4 Å². The van der Waals surface area contributed by atoms with Crippen molar-refractivity contribution in [3.63, 3.8) is 0 Å². The predicted octanol–water partition coefficient (Wildman–Crippen LogP) is 4.98. The summed E-state index contributed by atoms with van der Waals surface area (Å²) in [4.78, 5) is 42.0. The molecule has 1 aliphatic heterocycles. The van der Waals surface area contributed by atoms with E-state index >= 15 is 0 Å². The van der Waals surface area contributed by atoms with Crippen LogP contribution >= 0.6 is 0 Å². The number of aryl methyl sites for hydroxylation is 1. The minimum atomic E-state index is -0.695. The standard InChI is InChI=1S/C30H30N2O5/c1-6-36-27-18-21(13-16-26(27)37-20(3)28(33)31(4)5)17-25-23-9-7-8-10-24(23)29(34)32(30(25)35)22-14-11-19(2)12-15-22/h7-18,20H,6H2,1-5H3/b25-17+. The summed E-state index contributed by atoms with van der Waals surface area (Å²) in [6.45, 7) is 5.88. The van der Waals surface area contributed by atoms with E-state index in [-0.39, 0.29) is 11.8 Å². The van der Waals surface area contributed by atoms with Crippen LogP contribution in [0.3, 0.4) is 0 Å². The zero-order valence-electron chi connectivity index (χ0n) is 21.6. The van der Waals surface area contributed by atoms with Crippen molar-refractivity contribution < 1.29 is 23.9 Å². The van der Waals surface area contributed by atoms with Crippen LogP contribution in [-0.4, -0.2) is 49.4 Å². The van der Waals surface area contributed by atoms with Gasteiger partial charge in [-0.2, -0.15) is 0 Å². The normalized spacial score (nSPS) is 14.8. The topological polar surface area (TPSA) is 76.1 Å². The van der Waals surface area contributed by atoms with Crippen molar-refractivity contribution in [3.05, 3.63) is 89.0 Å². The molecule has 1 heterocycles. The van der Waals surface area contributed by atoms with Gasteiger partial charge in [-0.1, -0.05) is 42.0 Å². The van der Waals surface area contributed by atoms with Crippen LogP contribution in [0.2, 0.25) is 0 Å². The van der Waals surface area contributed by atoms with Crippen LogP contribution in [0.5, 0.6) is 11.5 Å². The molecule has 0 saturated carbocycles. The molecule has 1 aliphatic rings. The Hall–Kier alpha value is -4.39. The van der Waals surface area contributed by atoms with Gasteiger partial charge in [-0.25, -0.2) is 4.90 Å². The van der Waals surface area contributed by atoms with Gasteiger partial charge in [-0.05, 0) is 68.3 Å². The SMILES string of the molecule is CCOc1cc(/C=C2/C(=O)N(c3ccc(C)cc3)C(=O)c3ccccc32)ccc1OC(C)C(=O)N(C)C. The Balaban J connectivity index is 1.76. The predicted molar refractivity (Wildman–Crippen MR) is 144 cm³/mol. The van der Waals surface area contributed by atoms with Gasteiger partial charge in [0.05, 0.1) is 12.3 Å². The van der Waals surface area contributed by atoms with Crippen molar-refractivity contribution in [2.24, 2.45) is 0 Å². The first-order valence-electron chi connectivity index (χ1n) is 12.1. The van der Waals surface area contributed by atoms with Crippen LogP contribution in [-0.2, 0) is 9.59 Å². The van der Waals surface area contributed by atoms with E-state index in [1.807, 2.05) is 26.0 Å². The van der Waals surface area contributed by atoms with Crippen LogP contribution in [0.15, 0.2) is 66.7 Å². The molecular formula is C30H30N2O5. The maximum absolute atomic E-state index is 13.7. The lowest BCUT2D eigenvalue weighted by atomic mass is 9.91. The number of fused-ring (bicyclic) bond motifs is 1. The van der Waals surface area contributed by atoms with E-state index in [0.29, 0.717) is 46.1 Å². The van der Waals surface area contributed by atoms with Crippen molar-refractivity contribution in [1.82, 2.24) is 4.90 Å². The second-order valence-corrected chi connectivity index (χ2v) is 9.02. The molecule has 0 aliphatic carbocycles. The molecule has 190 valence electrons. The zero-order chi connectivity index (χ0) is 26.7. The number of hydrogen-bond donors (Lipinski definition) is 0. The van der Waals surface area contributed by atoms with Crippen LogP contribution in [0.1, 0.15) is 40.9 Å². The van der Waals surface area contributed by atoms with E-state index in [4.69, 9.17) is 9.47 Å². The van der Waals surface area contributed by atoms with E-state index in [1.165, 1.54) is 9.80 Å². The molecule has 7 heteroatoms. The fourth-order valence-electron chi connectivity index (χ4n) is 4.17. The number of amides is 3. The summed E-state index contributed by atoms with van der Waals surface area (Å²) in [7, 11) is 3.34. The summed E-state index contributed by atoms with van der Waals surface area (Å²) in [5, 5.41) is 0. The highest BCUT2D eigenvalue weighted by Gasteiger charge is 2.35. The molecule has 4 rings (SSSR count). The summed E-state index contributed by atoms with van der Waals surface area (Å²) in [6.07, 6.45) is 1.05. The number of hydrogen-bond acceptors (Lipinski definition) is 5. The van der Waals surface area contributed by atoms with Gasteiger partial charge in [0.15, 0.2) is 17.6 Å². The molecule has 3 aromatic rings. The van der Waals surface area contributed by atoms with Gasteiger partial charge in [0.1, 0.15) is 0 Å². The van der Waals surface area contributed by atoms with E-state index in [1.54, 1.807) is 81.7 Å². The van der Waals surface area contributed by atoms with E-state index in [9.17, 15) is 14.4 Å². The lowest BCUT2D eigenvalue weighted by Gasteiger charge is -2.29. The molecule has 0 bridgehead atoms. The Bertz CT molecular complexity index is 1370. The maximum atomic E-state index is 13.7. The average molecular weight is 499 g/mol. The number of anilines is 1. The fourth-order valence-corrected chi connectivity index (χ4v) is 4.17. The van der Waals surface area contributed by atoms with Gasteiger partial charge < -0.3 is 14.4 Å². The van der Waals surface area contributed by atoms with Gasteiger partial charge in [-0.15, -0.1) is 0 Å². The first kappa shape index (κ1) is 25.7. The zero-order valence-corrected chi connectivity index (χ0v) is 21.6. The van der Waals surface area contributed by atoms with E-state index in [2.05, 4.69) is 0 Å². The average Bonchev–Trinajstić information content (AvgIpc) is 2.88. The summed E-state index contributed by atoms with van der Waals surface area (Å²) >= 11 is 0. The first-order chi connectivity index (χ1) is 17.7. The van der Waals surface area contributed by atoms with E-state index in [0.717, 1.165) is 5.56 Å². The monoisotopic (exact) mass is 498 g/mol. The molecule has 0 radical (unpaired) electrons. The van der Waals surface area contributed by atoms with Gasteiger partial charge >= 0.3 is 0 Å². The fraction of sp³-hybridized carbons (Fsp3) is 0.233. The van der Waals surface area contributed by atoms with Crippen LogP contribution in [0, 0.1) is 6.92 Å². The first-order valence-corrected chi connectivity index (χ1v) is 12.1. The lowest BCUT2D eigenvalue weighted by Crippen LogP contribution is -2.41. The van der Waals surface area contributed by atoms with Gasteiger partial charge in [0.25, 0.3) is 17.7 Å². The Morgan fingerprint density at radius 2 is 1.62 bits per heavy atom. The third-order valence-electron chi connectivity index (χ3n) is 6.05. The van der Waals surface area contributed by atoms with Crippen LogP contribution < -0.4 is 14.4 Å². The second-order valence-electron chi connectivity index (χ2n) is 9.02. The van der Waals surface area contributed by atoms with Crippen LogP contribution in [0.4, 0.5) is 5.69 Å². The molecule has 0 N–H and O–H groups in total. The molecule has 1 unspecified atom stereocenters. The number of benzene rings is 3. The second kappa shape index (κ2) is 10.7. The van der Waals surface area contributed by atoms with E-state index < -0.39 is 12.0 Å². The van der Waals surface area contributed by atoms with Crippen LogP contribution in [0.25, 0.3) is 11.6 Å². The highest BCUT2D eigenvalue weighted by atomic mass is 16.5. The molecule has 7 nitrogen and oxygen atoms in total. The summed E-state index contributed by atoms with van der Waals surface area (Å²) in [5.41, 5.74) is 3.66. The highest BCUT2D eigenvalue weighted by Crippen LogP contribution is 2.35. The third-order valence-corrected chi connectivity index (χ3v) is 6.05. The van der Waals surface area contributed by atoms with Crippen molar-refractivity contribution in [2.45, 2.75) is 26.9 Å². The molecule has 0 aromatic heterocycles. The van der Waals surface area contributed by atoms with Gasteiger partial charge in [0, 0.05) is 25.2 Å². The summed E-state index contributed by atoms with van der Waals surface area (Å²) < 4.78 is 11.7. The third kappa shape index (κ3) is 5.26. The summed E-state index contributed by atoms with van der Waals surface area (Å²) in [6, 6.07) is 19.7. The minimum Gasteiger partial charge on any atom is -0.490 e. The number of rotatable bonds is 7. The van der Waals surface area contributed by atoms with Gasteiger partial charge in [0.2, 0.25) is 0 Å². The number of carbonyl (C=O) groups is 3. The molecule has 3 amide bonds. The molecule has 0 saturated heterocycles. The number of imide groups is 1.